The number of nitrogens with zero attached hydrogens (tertiary/aromatic N) is 1. The number of hydrogen-bond donors (Lipinski definition) is 2. The molecule has 10 nitrogen and oxygen atoms in total. The SMILES string of the molecule is CC(C)(C)OC(=O)N1CCCC1C(=O)NC(CCCCNC(=O)OCC1c2ccccc2-c2ccccc21)C(=O)OC1CCCCC1. The fraction of sp³-hybridized carbons (Fsp3) is 0.568. The summed E-state index contributed by atoms with van der Waals surface area (Å²) in [4.78, 5) is 53.5. The molecule has 1 saturated heterocycles. The molecule has 2 fully saturated rings. The second kappa shape index (κ2) is 15.7. The molecule has 10 heteroatoms. The van der Waals surface area contributed by atoms with E-state index in [9.17, 15) is 19.2 Å². The third-order valence-electron chi connectivity index (χ3n) is 9.15. The molecular weight excluding hydrogens is 598 g/mol. The molecule has 2 unspecified atom stereocenters. The molecule has 0 spiro atoms. The van der Waals surface area contributed by atoms with E-state index >= 15 is 0 Å². The van der Waals surface area contributed by atoms with E-state index in [1.807, 2.05) is 24.3 Å². The number of likely N-dealkylation sites (tertiary alicyclic amines) is 1. The molecule has 5 rings (SSSR count). The summed E-state index contributed by atoms with van der Waals surface area (Å²) in [5.74, 6) is -0.842. The van der Waals surface area contributed by atoms with Gasteiger partial charge in [0.2, 0.25) is 5.91 Å². The van der Waals surface area contributed by atoms with Gasteiger partial charge >= 0.3 is 18.2 Å². The number of rotatable bonds is 11. The van der Waals surface area contributed by atoms with Crippen LogP contribution in [0.1, 0.15) is 102 Å². The number of hydrogen-bond acceptors (Lipinski definition) is 7. The van der Waals surface area contributed by atoms with Crippen LogP contribution in [0.3, 0.4) is 0 Å². The summed E-state index contributed by atoms with van der Waals surface area (Å²) < 4.78 is 17.0. The molecule has 2 aromatic carbocycles. The minimum absolute atomic E-state index is 0.0150. The van der Waals surface area contributed by atoms with Gasteiger partial charge in [0.1, 0.15) is 30.4 Å². The van der Waals surface area contributed by atoms with E-state index in [4.69, 9.17) is 14.2 Å². The first-order chi connectivity index (χ1) is 22.6. The summed E-state index contributed by atoms with van der Waals surface area (Å²) in [7, 11) is 0. The second-order valence-corrected chi connectivity index (χ2v) is 13.8. The summed E-state index contributed by atoms with van der Waals surface area (Å²) in [6.45, 7) is 6.39. The first kappa shape index (κ1) is 34.3. The van der Waals surface area contributed by atoms with Gasteiger partial charge in [-0.05, 0) is 101 Å². The average molecular weight is 648 g/mol. The molecule has 1 heterocycles. The molecule has 1 aliphatic heterocycles. The predicted octanol–water partition coefficient (Wildman–Crippen LogP) is 6.46. The zero-order chi connectivity index (χ0) is 33.4. The van der Waals surface area contributed by atoms with Crippen molar-refractivity contribution in [1.29, 1.82) is 0 Å². The Morgan fingerprint density at radius 1 is 0.872 bits per heavy atom. The Morgan fingerprint density at radius 2 is 1.53 bits per heavy atom. The maximum absolute atomic E-state index is 13.4. The summed E-state index contributed by atoms with van der Waals surface area (Å²) >= 11 is 0. The molecule has 0 bridgehead atoms. The lowest BCUT2D eigenvalue weighted by Gasteiger charge is -2.29. The molecule has 47 heavy (non-hydrogen) atoms. The largest absolute Gasteiger partial charge is 0.461 e. The topological polar surface area (TPSA) is 123 Å². The molecule has 0 aromatic heterocycles. The molecule has 2 aliphatic carbocycles. The van der Waals surface area contributed by atoms with Gasteiger partial charge in [-0.1, -0.05) is 55.0 Å². The van der Waals surface area contributed by atoms with Crippen LogP contribution in [0.25, 0.3) is 11.1 Å². The minimum Gasteiger partial charge on any atom is -0.461 e. The standard InChI is InChI=1S/C37H49N3O7/c1-37(2,3)47-36(44)40-23-13-21-32(40)33(41)39-31(34(42)46-25-14-5-4-6-15-25)20-11-12-22-38-35(43)45-24-30-28-18-9-7-16-26(28)27-17-8-10-19-29(27)30/h7-10,16-19,25,30-32H,4-6,11-15,20-24H2,1-3H3,(H,38,43)(H,39,41). The van der Waals surface area contributed by atoms with E-state index in [0.717, 1.165) is 43.2 Å². The van der Waals surface area contributed by atoms with Crippen LogP contribution in [-0.2, 0) is 23.8 Å². The lowest BCUT2D eigenvalue weighted by atomic mass is 9.97. The van der Waals surface area contributed by atoms with Crippen LogP contribution in [0.4, 0.5) is 9.59 Å². The number of fused-ring (bicyclic) bond motifs is 3. The highest BCUT2D eigenvalue weighted by molar-refractivity contribution is 5.90. The van der Waals surface area contributed by atoms with Gasteiger partial charge in [0.25, 0.3) is 0 Å². The van der Waals surface area contributed by atoms with E-state index in [2.05, 4.69) is 34.9 Å². The summed E-state index contributed by atoms with van der Waals surface area (Å²) in [5.41, 5.74) is 3.97. The quantitative estimate of drug-likeness (QED) is 0.163. The van der Waals surface area contributed by atoms with Crippen molar-refractivity contribution in [2.75, 3.05) is 19.7 Å². The maximum atomic E-state index is 13.4. The van der Waals surface area contributed by atoms with Crippen molar-refractivity contribution in [2.24, 2.45) is 0 Å². The highest BCUT2D eigenvalue weighted by Gasteiger charge is 2.38. The summed E-state index contributed by atoms with van der Waals surface area (Å²) in [5, 5.41) is 5.71. The van der Waals surface area contributed by atoms with Crippen LogP contribution in [0.5, 0.6) is 0 Å². The van der Waals surface area contributed by atoms with Gasteiger partial charge in [-0.15, -0.1) is 0 Å². The average Bonchev–Trinajstić information content (AvgIpc) is 3.66. The molecule has 3 amide bonds. The Balaban J connectivity index is 1.10. The first-order valence-electron chi connectivity index (χ1n) is 17.2. The van der Waals surface area contributed by atoms with E-state index < -0.39 is 35.8 Å². The van der Waals surface area contributed by atoms with Gasteiger partial charge in [-0.3, -0.25) is 9.69 Å². The van der Waals surface area contributed by atoms with Gasteiger partial charge in [-0.2, -0.15) is 0 Å². The zero-order valence-electron chi connectivity index (χ0n) is 27.9. The summed E-state index contributed by atoms with van der Waals surface area (Å²) in [6, 6.07) is 14.8. The van der Waals surface area contributed by atoms with Gasteiger partial charge in [0.15, 0.2) is 0 Å². The number of esters is 1. The van der Waals surface area contributed by atoms with Crippen molar-refractivity contribution in [1.82, 2.24) is 15.5 Å². The van der Waals surface area contributed by atoms with Crippen molar-refractivity contribution in [3.8, 4) is 11.1 Å². The smallest absolute Gasteiger partial charge is 0.410 e. The molecule has 3 aliphatic rings. The van der Waals surface area contributed by atoms with Crippen molar-refractivity contribution in [3.63, 3.8) is 0 Å². The van der Waals surface area contributed by atoms with Crippen molar-refractivity contribution < 1.29 is 33.4 Å². The molecule has 1 saturated carbocycles. The molecule has 2 aromatic rings. The van der Waals surface area contributed by atoms with Crippen LogP contribution < -0.4 is 10.6 Å². The number of unbranched alkanes of at least 4 members (excludes halogenated alkanes) is 1. The number of carbonyl (C=O) groups is 4. The lowest BCUT2D eigenvalue weighted by Crippen LogP contribution is -2.52. The van der Waals surface area contributed by atoms with Gasteiger partial charge in [0.05, 0.1) is 0 Å². The number of benzene rings is 2. The monoisotopic (exact) mass is 647 g/mol. The highest BCUT2D eigenvalue weighted by Crippen LogP contribution is 2.44. The third-order valence-corrected chi connectivity index (χ3v) is 9.15. The van der Waals surface area contributed by atoms with E-state index in [0.29, 0.717) is 45.2 Å². The Kier molecular flexibility index (Phi) is 11.4. The Morgan fingerprint density at radius 3 is 2.19 bits per heavy atom. The van der Waals surface area contributed by atoms with Crippen LogP contribution in [0.15, 0.2) is 48.5 Å². The van der Waals surface area contributed by atoms with Crippen molar-refractivity contribution in [2.45, 2.75) is 115 Å². The molecule has 2 N–H and O–H groups in total. The summed E-state index contributed by atoms with van der Waals surface area (Å²) in [6.07, 6.45) is 6.33. The van der Waals surface area contributed by atoms with Gasteiger partial charge in [0, 0.05) is 19.0 Å². The van der Waals surface area contributed by atoms with Crippen molar-refractivity contribution in [3.05, 3.63) is 59.7 Å². The highest BCUT2D eigenvalue weighted by atomic mass is 16.6. The predicted molar refractivity (Wildman–Crippen MR) is 178 cm³/mol. The Bertz CT molecular complexity index is 1370. The van der Waals surface area contributed by atoms with Crippen molar-refractivity contribution >= 4 is 24.1 Å². The van der Waals surface area contributed by atoms with Crippen LogP contribution in [0, 0.1) is 0 Å². The van der Waals surface area contributed by atoms with Crippen LogP contribution >= 0.6 is 0 Å². The second-order valence-electron chi connectivity index (χ2n) is 13.8. The van der Waals surface area contributed by atoms with Gasteiger partial charge < -0.3 is 24.8 Å². The van der Waals surface area contributed by atoms with E-state index in [-0.39, 0.29) is 24.5 Å². The number of carbonyl (C=O) groups excluding carboxylic acids is 4. The normalized spacial score (nSPS) is 18.5. The Labute approximate surface area is 277 Å². The minimum atomic E-state index is -0.847. The molecule has 0 radical (unpaired) electrons. The maximum Gasteiger partial charge on any atom is 0.410 e. The van der Waals surface area contributed by atoms with E-state index in [1.165, 1.54) is 16.0 Å². The Hall–Kier alpha value is -4.08. The number of nitrogens with one attached hydrogen (secondary N) is 2. The number of ether oxygens (including phenoxy) is 3. The molecule has 2 atom stereocenters. The number of alkyl carbamates (subject to hydrolysis) is 1. The van der Waals surface area contributed by atoms with Gasteiger partial charge in [-0.25, -0.2) is 14.4 Å². The fourth-order valence-electron chi connectivity index (χ4n) is 6.84. The van der Waals surface area contributed by atoms with E-state index in [1.54, 1.807) is 20.8 Å². The molecular formula is C37H49N3O7. The lowest BCUT2D eigenvalue weighted by molar-refractivity contribution is -0.155. The van der Waals surface area contributed by atoms with Crippen LogP contribution in [0.2, 0.25) is 0 Å². The van der Waals surface area contributed by atoms with Crippen LogP contribution in [-0.4, -0.2) is 72.4 Å². The zero-order valence-corrected chi connectivity index (χ0v) is 27.9. The number of amides is 3. The third kappa shape index (κ3) is 9.05. The molecule has 254 valence electrons. The fourth-order valence-corrected chi connectivity index (χ4v) is 6.84. The first-order valence-corrected chi connectivity index (χ1v) is 17.2.